The third-order valence-electron chi connectivity index (χ3n) is 2.38. The highest BCUT2D eigenvalue weighted by molar-refractivity contribution is 8.00. The molecule has 0 aromatic rings. The molecular formula is C10H20N2OS. The molecule has 0 saturated carbocycles. The van der Waals surface area contributed by atoms with Crippen LogP contribution in [0.15, 0.2) is 0 Å². The van der Waals surface area contributed by atoms with Gasteiger partial charge in [0.1, 0.15) is 0 Å². The van der Waals surface area contributed by atoms with Gasteiger partial charge in [-0.05, 0) is 38.6 Å². The fraction of sp³-hybridized carbons (Fsp3) is 0.900. The molecule has 1 fully saturated rings. The lowest BCUT2D eigenvalue weighted by molar-refractivity contribution is -0.121. The van der Waals surface area contributed by atoms with Crippen LogP contribution in [-0.2, 0) is 4.79 Å². The summed E-state index contributed by atoms with van der Waals surface area (Å²) >= 11 is 1.99. The SMILES string of the molecule is CNCCCC(=O)NCC1CCCS1. The Labute approximate surface area is 90.4 Å². The van der Waals surface area contributed by atoms with Crippen LogP contribution in [0.1, 0.15) is 25.7 Å². The molecule has 3 nitrogen and oxygen atoms in total. The van der Waals surface area contributed by atoms with Crippen LogP contribution in [0.3, 0.4) is 0 Å². The van der Waals surface area contributed by atoms with Crippen LogP contribution in [0.25, 0.3) is 0 Å². The zero-order valence-electron chi connectivity index (χ0n) is 8.84. The van der Waals surface area contributed by atoms with Crippen molar-refractivity contribution < 1.29 is 4.79 Å². The summed E-state index contributed by atoms with van der Waals surface area (Å²) in [5.41, 5.74) is 0. The fourth-order valence-corrected chi connectivity index (χ4v) is 2.75. The molecule has 0 radical (unpaired) electrons. The summed E-state index contributed by atoms with van der Waals surface area (Å²) in [5, 5.41) is 6.70. The average Bonchev–Trinajstić information content (AvgIpc) is 2.68. The van der Waals surface area contributed by atoms with Crippen LogP contribution in [0, 0.1) is 0 Å². The standard InChI is InChI=1S/C10H20N2OS/c1-11-6-2-5-10(13)12-8-9-4-3-7-14-9/h9,11H,2-8H2,1H3,(H,12,13). The Kier molecular flexibility index (Phi) is 6.03. The van der Waals surface area contributed by atoms with Crippen molar-refractivity contribution in [2.45, 2.75) is 30.9 Å². The molecule has 1 aliphatic heterocycles. The molecule has 1 heterocycles. The van der Waals surface area contributed by atoms with Crippen LogP contribution < -0.4 is 10.6 Å². The maximum Gasteiger partial charge on any atom is 0.220 e. The summed E-state index contributed by atoms with van der Waals surface area (Å²) in [6.07, 6.45) is 4.16. The smallest absolute Gasteiger partial charge is 0.220 e. The van der Waals surface area contributed by atoms with Gasteiger partial charge in [0.05, 0.1) is 0 Å². The number of nitrogens with one attached hydrogen (secondary N) is 2. The number of hydrogen-bond donors (Lipinski definition) is 2. The van der Waals surface area contributed by atoms with Crippen molar-refractivity contribution in [2.24, 2.45) is 0 Å². The minimum Gasteiger partial charge on any atom is -0.355 e. The quantitative estimate of drug-likeness (QED) is 0.651. The van der Waals surface area contributed by atoms with E-state index in [-0.39, 0.29) is 5.91 Å². The minimum atomic E-state index is 0.202. The molecule has 82 valence electrons. The molecule has 0 bridgehead atoms. The number of thioether (sulfide) groups is 1. The predicted molar refractivity (Wildman–Crippen MR) is 61.7 cm³/mol. The van der Waals surface area contributed by atoms with E-state index in [1.54, 1.807) is 0 Å². The number of rotatable bonds is 6. The number of carbonyl (C=O) groups is 1. The molecule has 1 aliphatic rings. The molecule has 14 heavy (non-hydrogen) atoms. The van der Waals surface area contributed by atoms with Gasteiger partial charge in [-0.25, -0.2) is 0 Å². The van der Waals surface area contributed by atoms with Crippen LogP contribution in [0.2, 0.25) is 0 Å². The third-order valence-corrected chi connectivity index (χ3v) is 3.78. The summed E-state index contributed by atoms with van der Waals surface area (Å²) < 4.78 is 0. The summed E-state index contributed by atoms with van der Waals surface area (Å²) in [6.45, 7) is 1.79. The number of carbonyl (C=O) groups excluding carboxylic acids is 1. The van der Waals surface area contributed by atoms with E-state index in [2.05, 4.69) is 10.6 Å². The van der Waals surface area contributed by atoms with Gasteiger partial charge in [0, 0.05) is 18.2 Å². The highest BCUT2D eigenvalue weighted by Crippen LogP contribution is 2.25. The largest absolute Gasteiger partial charge is 0.355 e. The third kappa shape index (κ3) is 4.86. The van der Waals surface area contributed by atoms with E-state index in [9.17, 15) is 4.79 Å². The molecule has 0 spiro atoms. The lowest BCUT2D eigenvalue weighted by Crippen LogP contribution is -2.30. The summed E-state index contributed by atoms with van der Waals surface area (Å²) in [6, 6.07) is 0. The van der Waals surface area contributed by atoms with Gasteiger partial charge in [-0.1, -0.05) is 0 Å². The van der Waals surface area contributed by atoms with Gasteiger partial charge in [0.2, 0.25) is 5.91 Å². The van der Waals surface area contributed by atoms with Crippen LogP contribution >= 0.6 is 11.8 Å². The lowest BCUT2D eigenvalue weighted by atomic mass is 10.2. The molecule has 0 aromatic carbocycles. The molecule has 1 rings (SSSR count). The first-order chi connectivity index (χ1) is 6.83. The van der Waals surface area contributed by atoms with Gasteiger partial charge in [-0.2, -0.15) is 11.8 Å². The van der Waals surface area contributed by atoms with Gasteiger partial charge in [-0.3, -0.25) is 4.79 Å². The topological polar surface area (TPSA) is 41.1 Å². The van der Waals surface area contributed by atoms with E-state index in [0.29, 0.717) is 11.7 Å². The molecule has 1 unspecified atom stereocenters. The molecular weight excluding hydrogens is 196 g/mol. The van der Waals surface area contributed by atoms with Gasteiger partial charge in [0.25, 0.3) is 0 Å². The summed E-state index contributed by atoms with van der Waals surface area (Å²) in [5.74, 6) is 1.47. The first kappa shape index (κ1) is 11.9. The molecule has 0 aromatic heterocycles. The van der Waals surface area contributed by atoms with E-state index in [0.717, 1.165) is 19.5 Å². The zero-order valence-corrected chi connectivity index (χ0v) is 9.66. The maximum atomic E-state index is 11.3. The first-order valence-electron chi connectivity index (χ1n) is 5.36. The number of amides is 1. The highest BCUT2D eigenvalue weighted by atomic mass is 32.2. The Balaban J connectivity index is 1.96. The van der Waals surface area contributed by atoms with E-state index < -0.39 is 0 Å². The molecule has 1 amide bonds. The van der Waals surface area contributed by atoms with Crippen LogP contribution in [0.5, 0.6) is 0 Å². The predicted octanol–water partition coefficient (Wildman–Crippen LogP) is 0.998. The van der Waals surface area contributed by atoms with Crippen molar-refractivity contribution in [1.29, 1.82) is 0 Å². The fourth-order valence-electron chi connectivity index (χ4n) is 1.55. The Morgan fingerprint density at radius 2 is 2.43 bits per heavy atom. The molecule has 0 aliphatic carbocycles. The van der Waals surface area contributed by atoms with Gasteiger partial charge in [-0.15, -0.1) is 0 Å². The van der Waals surface area contributed by atoms with Crippen LogP contribution in [0.4, 0.5) is 0 Å². The van der Waals surface area contributed by atoms with Crippen molar-refractivity contribution in [3.63, 3.8) is 0 Å². The Hall–Kier alpha value is -0.220. The summed E-state index contributed by atoms with van der Waals surface area (Å²) in [4.78, 5) is 11.3. The zero-order chi connectivity index (χ0) is 10.2. The van der Waals surface area contributed by atoms with E-state index >= 15 is 0 Å². The molecule has 2 N–H and O–H groups in total. The van der Waals surface area contributed by atoms with Gasteiger partial charge >= 0.3 is 0 Å². The monoisotopic (exact) mass is 216 g/mol. The second kappa shape index (κ2) is 7.12. The minimum absolute atomic E-state index is 0.202. The van der Waals surface area contributed by atoms with Crippen LogP contribution in [-0.4, -0.2) is 37.0 Å². The van der Waals surface area contributed by atoms with Gasteiger partial charge in [0.15, 0.2) is 0 Å². The number of hydrogen-bond acceptors (Lipinski definition) is 3. The average molecular weight is 216 g/mol. The summed E-state index contributed by atoms with van der Waals surface area (Å²) in [7, 11) is 1.91. The Morgan fingerprint density at radius 3 is 3.07 bits per heavy atom. The lowest BCUT2D eigenvalue weighted by Gasteiger charge is -2.09. The van der Waals surface area contributed by atoms with Gasteiger partial charge < -0.3 is 10.6 Å². The van der Waals surface area contributed by atoms with Crippen molar-refractivity contribution in [2.75, 3.05) is 25.9 Å². The van der Waals surface area contributed by atoms with Crippen molar-refractivity contribution >= 4 is 17.7 Å². The van der Waals surface area contributed by atoms with E-state index in [1.165, 1.54) is 18.6 Å². The first-order valence-corrected chi connectivity index (χ1v) is 6.40. The second-order valence-electron chi connectivity index (χ2n) is 3.65. The van der Waals surface area contributed by atoms with E-state index in [1.807, 2.05) is 18.8 Å². The highest BCUT2D eigenvalue weighted by Gasteiger charge is 2.15. The Morgan fingerprint density at radius 1 is 1.57 bits per heavy atom. The van der Waals surface area contributed by atoms with Crippen molar-refractivity contribution in [1.82, 2.24) is 10.6 Å². The second-order valence-corrected chi connectivity index (χ2v) is 5.05. The molecule has 1 saturated heterocycles. The normalized spacial score (nSPS) is 21.1. The molecule has 4 heteroatoms. The van der Waals surface area contributed by atoms with E-state index in [4.69, 9.17) is 0 Å². The Bertz CT molecular complexity index is 170. The molecule has 1 atom stereocenters. The van der Waals surface area contributed by atoms with Crippen molar-refractivity contribution in [3.05, 3.63) is 0 Å². The van der Waals surface area contributed by atoms with Crippen molar-refractivity contribution in [3.8, 4) is 0 Å². The maximum absolute atomic E-state index is 11.3.